The van der Waals surface area contributed by atoms with Gasteiger partial charge >= 0.3 is 0 Å². The Morgan fingerprint density at radius 3 is 1.69 bits per heavy atom. The number of para-hydroxylation sites is 2. The predicted octanol–water partition coefficient (Wildman–Crippen LogP) is 3.85. The highest BCUT2D eigenvalue weighted by atomic mass is 16.5. The third-order valence-electron chi connectivity index (χ3n) is 6.86. The number of hydrogen-bond donors (Lipinski definition) is 0. The molecule has 0 saturated heterocycles. The molecular weight excluding hydrogens is 368 g/mol. The van der Waals surface area contributed by atoms with Gasteiger partial charge in [0, 0.05) is 5.41 Å². The number of carbonyl (C=O) groups excluding carboxylic acids is 1. The minimum absolute atomic E-state index is 0.179. The van der Waals surface area contributed by atoms with E-state index in [1.165, 1.54) is 0 Å². The quantitative estimate of drug-likeness (QED) is 0.774. The fourth-order valence-electron chi connectivity index (χ4n) is 5.42. The molecule has 0 bridgehead atoms. The predicted molar refractivity (Wildman–Crippen MR) is 108 cm³/mol. The van der Waals surface area contributed by atoms with Crippen LogP contribution < -0.4 is 18.9 Å². The molecule has 0 aromatic heterocycles. The molecule has 0 unspecified atom stereocenters. The van der Waals surface area contributed by atoms with Crippen molar-refractivity contribution < 1.29 is 23.7 Å². The summed E-state index contributed by atoms with van der Waals surface area (Å²) in [5, 5.41) is 0. The number of hydrogen-bond acceptors (Lipinski definition) is 5. The second kappa shape index (κ2) is 6.41. The Morgan fingerprint density at radius 1 is 0.828 bits per heavy atom. The number of ether oxygens (including phenoxy) is 4. The average molecular weight is 394 g/mol. The van der Waals surface area contributed by atoms with Crippen LogP contribution in [0, 0.1) is 17.3 Å². The van der Waals surface area contributed by atoms with Crippen LogP contribution in [0.2, 0.25) is 0 Å². The van der Waals surface area contributed by atoms with Crippen LogP contribution in [0.4, 0.5) is 0 Å². The molecule has 0 N–H and O–H groups in total. The van der Waals surface area contributed by atoms with Gasteiger partial charge in [-0.3, -0.25) is 4.79 Å². The number of rotatable bonds is 2. The first-order valence-corrected chi connectivity index (χ1v) is 10.1. The molecule has 0 amide bonds. The van der Waals surface area contributed by atoms with Crippen LogP contribution in [0.3, 0.4) is 0 Å². The highest BCUT2D eigenvalue weighted by Gasteiger charge is 2.60. The third-order valence-corrected chi connectivity index (χ3v) is 6.86. The van der Waals surface area contributed by atoms with Crippen LogP contribution in [0.15, 0.2) is 36.4 Å². The minimum Gasteiger partial charge on any atom is -0.493 e. The molecule has 2 aromatic rings. The zero-order valence-corrected chi connectivity index (χ0v) is 17.2. The maximum absolute atomic E-state index is 13.6. The first-order valence-electron chi connectivity index (χ1n) is 10.1. The van der Waals surface area contributed by atoms with E-state index in [2.05, 4.69) is 13.8 Å². The molecule has 0 radical (unpaired) electrons. The Bertz CT molecular complexity index is 904. The van der Waals surface area contributed by atoms with Gasteiger partial charge in [-0.1, -0.05) is 38.1 Å². The summed E-state index contributed by atoms with van der Waals surface area (Å²) < 4.78 is 24.0. The Kier molecular flexibility index (Phi) is 4.05. The van der Waals surface area contributed by atoms with Crippen LogP contribution >= 0.6 is 0 Å². The standard InChI is InChI=1S/C24H26O5/c1-24(2)22-15(11-13-7-5-9-17(26-3)20(13)28-22)19(25)16-12-14-8-6-10-18(27-4)21(14)29-23(16)24/h5-10,15-16,22-23H,11-12H2,1-4H3/t15-,16-,22-,23-/m1/s1. The average Bonchev–Trinajstić information content (AvgIpc) is 2.74. The molecule has 2 aromatic carbocycles. The van der Waals surface area contributed by atoms with E-state index < -0.39 is 0 Å². The van der Waals surface area contributed by atoms with Gasteiger partial charge in [-0.05, 0) is 36.1 Å². The third kappa shape index (κ3) is 2.56. The van der Waals surface area contributed by atoms with Crippen molar-refractivity contribution in [3.05, 3.63) is 47.5 Å². The lowest BCUT2D eigenvalue weighted by molar-refractivity contribution is -0.162. The normalized spacial score (nSPS) is 28.6. The van der Waals surface area contributed by atoms with Gasteiger partial charge < -0.3 is 18.9 Å². The smallest absolute Gasteiger partial charge is 0.164 e. The zero-order valence-electron chi connectivity index (χ0n) is 17.2. The highest BCUT2D eigenvalue weighted by molar-refractivity contribution is 5.87. The summed E-state index contributed by atoms with van der Waals surface area (Å²) in [6.07, 6.45) is 0.814. The number of ketones is 1. The second-order valence-electron chi connectivity index (χ2n) is 8.82. The van der Waals surface area contributed by atoms with Crippen LogP contribution in [0.1, 0.15) is 25.0 Å². The first-order chi connectivity index (χ1) is 14.0. The summed E-state index contributed by atoms with van der Waals surface area (Å²) in [6, 6.07) is 11.8. The Hall–Kier alpha value is -2.69. The molecule has 29 heavy (non-hydrogen) atoms. The van der Waals surface area contributed by atoms with Gasteiger partial charge in [0.15, 0.2) is 23.0 Å². The van der Waals surface area contributed by atoms with Gasteiger partial charge in [0.1, 0.15) is 18.0 Å². The van der Waals surface area contributed by atoms with E-state index >= 15 is 0 Å². The van der Waals surface area contributed by atoms with Crippen LogP contribution in [0.5, 0.6) is 23.0 Å². The van der Waals surface area contributed by atoms with Gasteiger partial charge in [-0.15, -0.1) is 0 Å². The molecule has 2 heterocycles. The van der Waals surface area contributed by atoms with Crippen LogP contribution in [-0.2, 0) is 17.6 Å². The lowest BCUT2D eigenvalue weighted by Gasteiger charge is -2.54. The summed E-state index contributed by atoms with van der Waals surface area (Å²) in [7, 11) is 3.29. The Balaban J connectivity index is 1.57. The van der Waals surface area contributed by atoms with Gasteiger partial charge in [0.2, 0.25) is 0 Å². The zero-order chi connectivity index (χ0) is 20.3. The summed E-state index contributed by atoms with van der Waals surface area (Å²) in [4.78, 5) is 13.6. The molecule has 1 aliphatic carbocycles. The lowest BCUT2D eigenvalue weighted by atomic mass is 9.59. The van der Waals surface area contributed by atoms with Crippen molar-refractivity contribution in [3.63, 3.8) is 0 Å². The van der Waals surface area contributed by atoms with Crippen molar-refractivity contribution in [1.29, 1.82) is 0 Å². The van der Waals surface area contributed by atoms with Gasteiger partial charge in [0.05, 0.1) is 26.1 Å². The highest BCUT2D eigenvalue weighted by Crippen LogP contribution is 2.53. The van der Waals surface area contributed by atoms with Crippen molar-refractivity contribution in [2.24, 2.45) is 17.3 Å². The van der Waals surface area contributed by atoms with Crippen molar-refractivity contribution in [2.45, 2.75) is 38.9 Å². The van der Waals surface area contributed by atoms with E-state index in [-0.39, 0.29) is 35.2 Å². The van der Waals surface area contributed by atoms with E-state index in [0.717, 1.165) is 22.6 Å². The van der Waals surface area contributed by atoms with Crippen molar-refractivity contribution in [1.82, 2.24) is 0 Å². The van der Waals surface area contributed by atoms with Crippen LogP contribution in [0.25, 0.3) is 0 Å². The minimum atomic E-state index is -0.361. The van der Waals surface area contributed by atoms with Gasteiger partial charge in [0.25, 0.3) is 0 Å². The Morgan fingerprint density at radius 2 is 1.28 bits per heavy atom. The maximum Gasteiger partial charge on any atom is 0.164 e. The first kappa shape index (κ1) is 18.3. The molecule has 5 rings (SSSR count). The van der Waals surface area contributed by atoms with Gasteiger partial charge in [-0.25, -0.2) is 0 Å². The topological polar surface area (TPSA) is 54.0 Å². The fourth-order valence-corrected chi connectivity index (χ4v) is 5.42. The van der Waals surface area contributed by atoms with E-state index in [1.807, 2.05) is 36.4 Å². The summed E-state index contributed by atoms with van der Waals surface area (Å²) in [5.74, 6) is 2.81. The largest absolute Gasteiger partial charge is 0.493 e. The second-order valence-corrected chi connectivity index (χ2v) is 8.82. The monoisotopic (exact) mass is 394 g/mol. The number of carbonyl (C=O) groups is 1. The Labute approximate surface area is 170 Å². The molecule has 2 aliphatic heterocycles. The maximum atomic E-state index is 13.6. The molecule has 4 atom stereocenters. The number of methoxy groups -OCH3 is 2. The molecular formula is C24H26O5. The van der Waals surface area contributed by atoms with Crippen molar-refractivity contribution in [3.8, 4) is 23.0 Å². The number of Topliss-reactive ketones (excluding diaryl/α,β-unsaturated/α-hetero) is 1. The fraction of sp³-hybridized carbons (Fsp3) is 0.458. The molecule has 3 aliphatic rings. The molecule has 152 valence electrons. The van der Waals surface area contributed by atoms with E-state index in [1.54, 1.807) is 14.2 Å². The van der Waals surface area contributed by atoms with Gasteiger partial charge in [-0.2, -0.15) is 0 Å². The molecule has 1 saturated carbocycles. The number of fused-ring (bicyclic) bond motifs is 4. The van der Waals surface area contributed by atoms with Crippen molar-refractivity contribution in [2.75, 3.05) is 14.2 Å². The molecule has 0 spiro atoms. The lowest BCUT2D eigenvalue weighted by Crippen LogP contribution is -2.64. The summed E-state index contributed by atoms with van der Waals surface area (Å²) in [5.41, 5.74) is 1.71. The molecule has 1 fully saturated rings. The molecule has 5 heteroatoms. The SMILES string of the molecule is COc1cccc2c1O[C@@H]1[C@H](C2)C(=O)[C@H]2Cc3cccc(OC)c3O[C@H]2C1(C)C. The summed E-state index contributed by atoms with van der Waals surface area (Å²) in [6.45, 7) is 4.30. The molecule has 5 nitrogen and oxygen atoms in total. The van der Waals surface area contributed by atoms with E-state index in [9.17, 15) is 4.79 Å². The number of benzene rings is 2. The van der Waals surface area contributed by atoms with Crippen LogP contribution in [-0.4, -0.2) is 32.2 Å². The van der Waals surface area contributed by atoms with Crippen molar-refractivity contribution >= 4 is 5.78 Å². The van der Waals surface area contributed by atoms with E-state index in [4.69, 9.17) is 18.9 Å². The summed E-state index contributed by atoms with van der Waals surface area (Å²) >= 11 is 0. The van der Waals surface area contributed by atoms with E-state index in [0.29, 0.717) is 24.3 Å².